The number of hydrogen-bond donors (Lipinski definition) is 1. The van der Waals surface area contributed by atoms with Crippen LogP contribution in [0.3, 0.4) is 0 Å². The molecule has 1 N–H and O–H groups in total. The molecule has 0 spiro atoms. The van der Waals surface area contributed by atoms with E-state index in [1.165, 1.54) is 0 Å². The molecule has 2 aromatic heterocycles. The van der Waals surface area contributed by atoms with Gasteiger partial charge in [0.2, 0.25) is 0 Å². The van der Waals surface area contributed by atoms with Crippen LogP contribution in [0.25, 0.3) is 11.2 Å². The van der Waals surface area contributed by atoms with Gasteiger partial charge in [-0.3, -0.25) is 0 Å². The molecule has 0 aromatic carbocycles. The van der Waals surface area contributed by atoms with Crippen molar-refractivity contribution in [1.82, 2.24) is 15.0 Å². The van der Waals surface area contributed by atoms with Crippen molar-refractivity contribution in [2.75, 3.05) is 0 Å². The van der Waals surface area contributed by atoms with Gasteiger partial charge in [-0.2, -0.15) is 0 Å². The summed E-state index contributed by atoms with van der Waals surface area (Å²) in [5, 5.41) is 0. The largest absolute Gasteiger partial charge is 0.340 e. The lowest BCUT2D eigenvalue weighted by molar-refractivity contribution is 0.997. The third-order valence-corrected chi connectivity index (χ3v) is 2.90. The lowest BCUT2D eigenvalue weighted by atomic mass is 10.3. The third kappa shape index (κ3) is 1.35. The van der Waals surface area contributed by atoms with Gasteiger partial charge in [0.1, 0.15) is 5.82 Å². The van der Waals surface area contributed by atoms with Crippen LogP contribution in [0, 0.1) is 6.92 Å². The zero-order valence-electron chi connectivity index (χ0n) is 7.56. The van der Waals surface area contributed by atoms with E-state index in [0.29, 0.717) is 0 Å². The maximum absolute atomic E-state index is 4.35. The zero-order valence-corrected chi connectivity index (χ0v) is 9.14. The van der Waals surface area contributed by atoms with Crippen LogP contribution in [0.4, 0.5) is 0 Å². The molecule has 0 atom stereocenters. The highest BCUT2D eigenvalue weighted by atomic mass is 79.9. The van der Waals surface area contributed by atoms with E-state index in [1.54, 1.807) is 6.20 Å². The Balaban J connectivity index is 2.76. The molecule has 68 valence electrons. The summed E-state index contributed by atoms with van der Waals surface area (Å²) in [7, 11) is 0. The van der Waals surface area contributed by atoms with E-state index in [1.807, 2.05) is 6.92 Å². The highest BCUT2D eigenvalue weighted by Gasteiger charge is 2.06. The van der Waals surface area contributed by atoms with Gasteiger partial charge in [0.25, 0.3) is 0 Å². The molecule has 3 nitrogen and oxygen atoms in total. The first-order chi connectivity index (χ1) is 6.22. The highest BCUT2D eigenvalue weighted by molar-refractivity contribution is 9.10. The number of pyridine rings is 1. The van der Waals surface area contributed by atoms with E-state index in [9.17, 15) is 0 Å². The maximum atomic E-state index is 4.35. The van der Waals surface area contributed by atoms with Gasteiger partial charge in [0.15, 0.2) is 5.65 Å². The Morgan fingerprint density at radius 2 is 2.31 bits per heavy atom. The summed E-state index contributed by atoms with van der Waals surface area (Å²) in [6.45, 7) is 4.12. The normalized spacial score (nSPS) is 11.0. The zero-order chi connectivity index (χ0) is 9.42. The van der Waals surface area contributed by atoms with Gasteiger partial charge in [0, 0.05) is 17.1 Å². The molecule has 13 heavy (non-hydrogen) atoms. The Kier molecular flexibility index (Phi) is 2.07. The number of halogens is 1. The van der Waals surface area contributed by atoms with Crippen molar-refractivity contribution < 1.29 is 0 Å². The van der Waals surface area contributed by atoms with Crippen LogP contribution in [-0.4, -0.2) is 15.0 Å². The number of aromatic nitrogens is 3. The summed E-state index contributed by atoms with van der Waals surface area (Å²) in [5.41, 5.74) is 3.00. The molecular formula is C9H10BrN3. The Bertz CT molecular complexity index is 447. The molecule has 2 aromatic rings. The summed E-state index contributed by atoms with van der Waals surface area (Å²) < 4.78 is 1.02. The molecule has 0 radical (unpaired) electrons. The quantitative estimate of drug-likeness (QED) is 0.832. The first-order valence-corrected chi connectivity index (χ1v) is 5.01. The second-order valence-corrected chi connectivity index (χ2v) is 3.82. The van der Waals surface area contributed by atoms with Crippen molar-refractivity contribution in [2.24, 2.45) is 0 Å². The molecule has 0 unspecified atom stereocenters. The Hall–Kier alpha value is -0.900. The third-order valence-electron chi connectivity index (χ3n) is 2.10. The first kappa shape index (κ1) is 8.69. The Morgan fingerprint density at radius 3 is 3.00 bits per heavy atom. The summed E-state index contributed by atoms with van der Waals surface area (Å²) in [4.78, 5) is 11.8. The average molecular weight is 240 g/mol. The number of hydrogen-bond acceptors (Lipinski definition) is 2. The number of nitrogens with zero attached hydrogens (tertiary/aromatic N) is 2. The lowest BCUT2D eigenvalue weighted by Crippen LogP contribution is -1.82. The van der Waals surface area contributed by atoms with Gasteiger partial charge < -0.3 is 4.98 Å². The van der Waals surface area contributed by atoms with Crippen molar-refractivity contribution in [1.29, 1.82) is 0 Å². The standard InChI is InChI=1S/C9H10BrN3/c1-3-7-12-8-5(2)6(10)4-11-9(8)13-7/h4H,3H2,1-2H3,(H,11,12,13). The van der Waals surface area contributed by atoms with Gasteiger partial charge >= 0.3 is 0 Å². The van der Waals surface area contributed by atoms with E-state index in [4.69, 9.17) is 0 Å². The molecule has 0 aliphatic rings. The molecule has 0 bridgehead atoms. The summed E-state index contributed by atoms with van der Waals surface area (Å²) in [6, 6.07) is 0. The van der Waals surface area contributed by atoms with Crippen molar-refractivity contribution in [3.8, 4) is 0 Å². The number of imidazole rings is 1. The predicted molar refractivity (Wildman–Crippen MR) is 55.7 cm³/mol. The molecule has 4 heteroatoms. The molecule has 2 heterocycles. The molecule has 0 aliphatic carbocycles. The minimum absolute atomic E-state index is 0.803. The topological polar surface area (TPSA) is 41.6 Å². The summed E-state index contributed by atoms with van der Waals surface area (Å²) >= 11 is 3.44. The van der Waals surface area contributed by atoms with Gasteiger partial charge in [0.05, 0.1) is 5.52 Å². The van der Waals surface area contributed by atoms with Crippen molar-refractivity contribution >= 4 is 27.1 Å². The minimum Gasteiger partial charge on any atom is -0.340 e. The van der Waals surface area contributed by atoms with Crippen molar-refractivity contribution in [2.45, 2.75) is 20.3 Å². The van der Waals surface area contributed by atoms with Gasteiger partial charge in [-0.05, 0) is 28.4 Å². The predicted octanol–water partition coefficient (Wildman–Crippen LogP) is 2.59. The molecule has 0 aliphatic heterocycles. The number of fused-ring (bicyclic) bond motifs is 1. The van der Waals surface area contributed by atoms with E-state index < -0.39 is 0 Å². The van der Waals surface area contributed by atoms with E-state index in [2.05, 4.69) is 37.8 Å². The number of H-pyrrole nitrogens is 1. The van der Waals surface area contributed by atoms with Crippen LogP contribution in [0.2, 0.25) is 0 Å². The molecule has 0 saturated carbocycles. The summed E-state index contributed by atoms with van der Waals surface area (Å²) in [6.07, 6.45) is 2.70. The smallest absolute Gasteiger partial charge is 0.178 e. The lowest BCUT2D eigenvalue weighted by Gasteiger charge is -1.96. The Labute approximate surface area is 84.7 Å². The van der Waals surface area contributed by atoms with Crippen LogP contribution < -0.4 is 0 Å². The SMILES string of the molecule is CCc1nc2ncc(Br)c(C)c2[nH]1. The highest BCUT2D eigenvalue weighted by Crippen LogP contribution is 2.21. The van der Waals surface area contributed by atoms with Gasteiger partial charge in [-0.1, -0.05) is 6.92 Å². The van der Waals surface area contributed by atoms with Gasteiger partial charge in [-0.15, -0.1) is 0 Å². The number of aryl methyl sites for hydroxylation is 2. The van der Waals surface area contributed by atoms with Gasteiger partial charge in [-0.25, -0.2) is 9.97 Å². The number of aromatic amines is 1. The minimum atomic E-state index is 0.803. The molecule has 2 rings (SSSR count). The fourth-order valence-corrected chi connectivity index (χ4v) is 1.57. The maximum Gasteiger partial charge on any atom is 0.178 e. The number of nitrogens with one attached hydrogen (secondary N) is 1. The fourth-order valence-electron chi connectivity index (χ4n) is 1.27. The molecule has 0 amide bonds. The van der Waals surface area contributed by atoms with Crippen LogP contribution in [0.1, 0.15) is 18.3 Å². The molecule has 0 fully saturated rings. The first-order valence-electron chi connectivity index (χ1n) is 4.22. The monoisotopic (exact) mass is 239 g/mol. The van der Waals surface area contributed by atoms with Crippen LogP contribution in [-0.2, 0) is 6.42 Å². The van der Waals surface area contributed by atoms with Crippen molar-refractivity contribution in [3.63, 3.8) is 0 Å². The van der Waals surface area contributed by atoms with Crippen LogP contribution in [0.5, 0.6) is 0 Å². The van der Waals surface area contributed by atoms with E-state index >= 15 is 0 Å². The second-order valence-electron chi connectivity index (χ2n) is 2.97. The van der Waals surface area contributed by atoms with Crippen LogP contribution >= 0.6 is 15.9 Å². The fraction of sp³-hybridized carbons (Fsp3) is 0.333. The molecule has 0 saturated heterocycles. The van der Waals surface area contributed by atoms with E-state index in [-0.39, 0.29) is 0 Å². The Morgan fingerprint density at radius 1 is 1.54 bits per heavy atom. The molecular weight excluding hydrogens is 230 g/mol. The van der Waals surface area contributed by atoms with Crippen LogP contribution in [0.15, 0.2) is 10.7 Å². The van der Waals surface area contributed by atoms with Crippen molar-refractivity contribution in [3.05, 3.63) is 22.1 Å². The number of rotatable bonds is 1. The summed E-state index contributed by atoms with van der Waals surface area (Å²) in [5.74, 6) is 0.990. The second kappa shape index (κ2) is 3.10. The van der Waals surface area contributed by atoms with E-state index in [0.717, 1.165) is 33.4 Å². The average Bonchev–Trinajstić information content (AvgIpc) is 2.55.